The molecule has 0 fully saturated rings. The molecule has 0 spiro atoms. The van der Waals surface area contributed by atoms with Crippen LogP contribution in [0.15, 0.2) is 60.3 Å². The van der Waals surface area contributed by atoms with Gasteiger partial charge in [0.25, 0.3) is 0 Å². The molecule has 0 radical (unpaired) electrons. The second kappa shape index (κ2) is 7.57. The number of benzene rings is 2. The molecule has 0 saturated carbocycles. The van der Waals surface area contributed by atoms with Crippen LogP contribution < -0.4 is 0 Å². The molecule has 1 heterocycles. The summed E-state index contributed by atoms with van der Waals surface area (Å²) in [7, 11) is 0. The summed E-state index contributed by atoms with van der Waals surface area (Å²) in [4.78, 5) is 0. The fraction of sp³-hybridized carbons (Fsp3) is 0.111. The lowest BCUT2D eigenvalue weighted by molar-refractivity contribution is 0.591. The number of hydrogen-bond acceptors (Lipinski definition) is 3. The van der Waals surface area contributed by atoms with Crippen LogP contribution in [0.25, 0.3) is 11.4 Å². The lowest BCUT2D eigenvalue weighted by Crippen LogP contribution is -2.02. The second-order valence-corrected chi connectivity index (χ2v) is 6.15. The molecule has 0 bridgehead atoms. The van der Waals surface area contributed by atoms with Gasteiger partial charge in [-0.25, -0.2) is 13.2 Å². The van der Waals surface area contributed by atoms with E-state index in [0.29, 0.717) is 23.1 Å². The second-order valence-electron chi connectivity index (χ2n) is 5.21. The van der Waals surface area contributed by atoms with Crippen molar-refractivity contribution in [2.75, 3.05) is 0 Å². The molecule has 1 aromatic heterocycles. The van der Waals surface area contributed by atoms with Gasteiger partial charge in [-0.3, -0.25) is 4.57 Å². The Morgan fingerprint density at radius 1 is 1.04 bits per heavy atom. The van der Waals surface area contributed by atoms with Crippen LogP contribution in [0.1, 0.15) is 5.56 Å². The van der Waals surface area contributed by atoms with Gasteiger partial charge in [-0.2, -0.15) is 0 Å². The smallest absolute Gasteiger partial charge is 0.192 e. The van der Waals surface area contributed by atoms with Crippen LogP contribution >= 0.6 is 11.8 Å². The van der Waals surface area contributed by atoms with Gasteiger partial charge in [0.1, 0.15) is 17.5 Å². The normalized spacial score (nSPS) is 10.8. The number of rotatable bonds is 6. The Balaban J connectivity index is 1.91. The highest BCUT2D eigenvalue weighted by atomic mass is 32.2. The highest BCUT2D eigenvalue weighted by Crippen LogP contribution is 2.28. The lowest BCUT2D eigenvalue weighted by Gasteiger charge is -2.08. The van der Waals surface area contributed by atoms with E-state index >= 15 is 0 Å². The Morgan fingerprint density at radius 3 is 2.60 bits per heavy atom. The predicted octanol–water partition coefficient (Wildman–Crippen LogP) is 4.84. The number of allylic oxidation sites excluding steroid dienone is 1. The van der Waals surface area contributed by atoms with Gasteiger partial charge in [0, 0.05) is 17.9 Å². The van der Waals surface area contributed by atoms with Crippen LogP contribution in [-0.4, -0.2) is 14.8 Å². The summed E-state index contributed by atoms with van der Waals surface area (Å²) in [5.41, 5.74) is 0.547. The van der Waals surface area contributed by atoms with Crippen LogP contribution in [0, 0.1) is 17.5 Å². The molecule has 128 valence electrons. The minimum absolute atomic E-state index is 0.177. The van der Waals surface area contributed by atoms with Crippen molar-refractivity contribution in [3.05, 3.63) is 78.1 Å². The van der Waals surface area contributed by atoms with Gasteiger partial charge in [0.2, 0.25) is 0 Å². The largest absolute Gasteiger partial charge is 0.298 e. The van der Waals surface area contributed by atoms with Crippen LogP contribution in [0.2, 0.25) is 0 Å². The fourth-order valence-corrected chi connectivity index (χ4v) is 3.25. The number of halogens is 3. The van der Waals surface area contributed by atoms with E-state index in [9.17, 15) is 13.2 Å². The molecule has 0 unspecified atom stereocenters. The van der Waals surface area contributed by atoms with E-state index in [1.165, 1.54) is 17.8 Å². The minimum atomic E-state index is -0.503. The van der Waals surface area contributed by atoms with Crippen molar-refractivity contribution in [2.45, 2.75) is 17.5 Å². The van der Waals surface area contributed by atoms with E-state index in [2.05, 4.69) is 16.8 Å². The SMILES string of the molecule is C=CCn1c(SCc2cc(F)ccc2F)nnc1-c1ccccc1F. The van der Waals surface area contributed by atoms with Crippen molar-refractivity contribution >= 4 is 11.8 Å². The summed E-state index contributed by atoms with van der Waals surface area (Å²) < 4.78 is 42.8. The Kier molecular flexibility index (Phi) is 5.23. The zero-order valence-corrected chi connectivity index (χ0v) is 13.9. The highest BCUT2D eigenvalue weighted by molar-refractivity contribution is 7.98. The number of aromatic nitrogens is 3. The van der Waals surface area contributed by atoms with Crippen molar-refractivity contribution in [1.82, 2.24) is 14.8 Å². The van der Waals surface area contributed by atoms with Gasteiger partial charge >= 0.3 is 0 Å². The number of nitrogens with zero attached hydrogens (tertiary/aromatic N) is 3. The molecule has 25 heavy (non-hydrogen) atoms. The van der Waals surface area contributed by atoms with E-state index in [1.54, 1.807) is 28.8 Å². The zero-order valence-electron chi connectivity index (χ0n) is 13.1. The van der Waals surface area contributed by atoms with Crippen LogP contribution in [-0.2, 0) is 12.3 Å². The van der Waals surface area contributed by atoms with Crippen molar-refractivity contribution in [3.63, 3.8) is 0 Å². The average Bonchev–Trinajstić information content (AvgIpc) is 2.99. The molecule has 0 N–H and O–H groups in total. The predicted molar refractivity (Wildman–Crippen MR) is 91.5 cm³/mol. The third-order valence-corrected chi connectivity index (χ3v) is 4.52. The molecule has 0 amide bonds. The Labute approximate surface area is 147 Å². The van der Waals surface area contributed by atoms with Crippen molar-refractivity contribution < 1.29 is 13.2 Å². The molecule has 7 heteroatoms. The maximum Gasteiger partial charge on any atom is 0.192 e. The van der Waals surface area contributed by atoms with E-state index in [-0.39, 0.29) is 11.3 Å². The standard InChI is InChI=1S/C18H14F3N3S/c1-2-9-24-17(14-5-3-4-6-16(14)21)22-23-18(24)25-11-12-10-13(19)7-8-15(12)20/h2-8,10H,1,9,11H2. The fourth-order valence-electron chi connectivity index (χ4n) is 2.33. The summed E-state index contributed by atoms with van der Waals surface area (Å²) >= 11 is 1.20. The van der Waals surface area contributed by atoms with Gasteiger partial charge in [0.05, 0.1) is 5.56 Å². The Hall–Kier alpha value is -2.54. The molecule has 0 saturated heterocycles. The topological polar surface area (TPSA) is 30.7 Å². The minimum Gasteiger partial charge on any atom is -0.298 e. The molecule has 0 aliphatic carbocycles. The molecule has 3 rings (SSSR count). The van der Waals surface area contributed by atoms with Gasteiger partial charge in [-0.05, 0) is 30.3 Å². The van der Waals surface area contributed by atoms with Crippen LogP contribution in [0.4, 0.5) is 13.2 Å². The third-order valence-electron chi connectivity index (χ3n) is 3.51. The zero-order chi connectivity index (χ0) is 17.8. The van der Waals surface area contributed by atoms with E-state index < -0.39 is 17.5 Å². The van der Waals surface area contributed by atoms with E-state index in [1.807, 2.05) is 0 Å². The molecule has 0 atom stereocenters. The molecule has 0 aliphatic heterocycles. The van der Waals surface area contributed by atoms with E-state index in [4.69, 9.17) is 0 Å². The van der Waals surface area contributed by atoms with E-state index in [0.717, 1.165) is 18.2 Å². The molecular weight excluding hydrogens is 347 g/mol. The molecular formula is C18H14F3N3S. The first-order valence-electron chi connectivity index (χ1n) is 7.46. The maximum absolute atomic E-state index is 14.0. The van der Waals surface area contributed by atoms with Crippen molar-refractivity contribution in [1.29, 1.82) is 0 Å². The van der Waals surface area contributed by atoms with Crippen molar-refractivity contribution in [3.8, 4) is 11.4 Å². The average molecular weight is 361 g/mol. The summed E-state index contributed by atoms with van der Waals surface area (Å²) in [6.45, 7) is 4.05. The lowest BCUT2D eigenvalue weighted by atomic mass is 10.2. The maximum atomic E-state index is 14.0. The first-order valence-corrected chi connectivity index (χ1v) is 8.44. The number of thioether (sulfide) groups is 1. The molecule has 2 aromatic carbocycles. The monoisotopic (exact) mass is 361 g/mol. The summed E-state index contributed by atoms with van der Waals surface area (Å²) in [5, 5.41) is 8.59. The van der Waals surface area contributed by atoms with Gasteiger partial charge in [-0.15, -0.1) is 16.8 Å². The quantitative estimate of drug-likeness (QED) is 0.465. The third kappa shape index (κ3) is 3.76. The van der Waals surface area contributed by atoms with Gasteiger partial charge < -0.3 is 0 Å². The number of hydrogen-bond donors (Lipinski definition) is 0. The Morgan fingerprint density at radius 2 is 1.84 bits per heavy atom. The van der Waals surface area contributed by atoms with Crippen molar-refractivity contribution in [2.24, 2.45) is 0 Å². The van der Waals surface area contributed by atoms with Gasteiger partial charge in [0.15, 0.2) is 11.0 Å². The van der Waals surface area contributed by atoms with Crippen LogP contribution in [0.5, 0.6) is 0 Å². The molecule has 3 nitrogen and oxygen atoms in total. The Bertz CT molecular complexity index is 908. The highest BCUT2D eigenvalue weighted by Gasteiger charge is 2.17. The first kappa shape index (κ1) is 17.3. The molecule has 0 aliphatic rings. The molecule has 3 aromatic rings. The summed E-state index contributed by atoms with van der Waals surface area (Å²) in [6, 6.07) is 9.56. The van der Waals surface area contributed by atoms with Gasteiger partial charge in [-0.1, -0.05) is 30.0 Å². The summed E-state index contributed by atoms with van der Waals surface area (Å²) in [5.74, 6) is -0.862. The van der Waals surface area contributed by atoms with Crippen LogP contribution in [0.3, 0.4) is 0 Å². The first-order chi connectivity index (χ1) is 12.1. The summed E-state index contributed by atoms with van der Waals surface area (Å²) in [6.07, 6.45) is 1.64.